The normalized spacial score (nSPS) is 10.9. The molecular weight excluding hydrogens is 412 g/mol. The van der Waals surface area contributed by atoms with Crippen LogP contribution >= 0.6 is 0 Å². The van der Waals surface area contributed by atoms with Crippen molar-refractivity contribution >= 4 is 22.3 Å². The summed E-state index contributed by atoms with van der Waals surface area (Å²) in [7, 11) is 0. The van der Waals surface area contributed by atoms with E-state index in [9.17, 15) is 0 Å². The molecule has 5 aromatic carbocycles. The molecule has 1 aromatic heterocycles. The van der Waals surface area contributed by atoms with E-state index in [1.165, 1.54) is 22.0 Å². The van der Waals surface area contributed by atoms with Crippen molar-refractivity contribution in [2.45, 2.75) is 0 Å². The van der Waals surface area contributed by atoms with Crippen LogP contribution in [0.4, 0.5) is 11.4 Å². The third-order valence-corrected chi connectivity index (χ3v) is 6.21. The molecule has 162 valence electrons. The van der Waals surface area contributed by atoms with Gasteiger partial charge in [-0.05, 0) is 42.0 Å². The SMILES string of the molecule is c1ccc(-c2ccccc2Nc2ccccc2-c2cc3ccccc3n2-c2ccccc2)cc1. The van der Waals surface area contributed by atoms with Crippen LogP contribution in [0.15, 0.2) is 140 Å². The van der Waals surface area contributed by atoms with Crippen LogP contribution in [0.1, 0.15) is 0 Å². The Morgan fingerprint density at radius 3 is 1.79 bits per heavy atom. The Morgan fingerprint density at radius 1 is 0.471 bits per heavy atom. The number of aromatic nitrogens is 1. The Bertz CT molecular complexity index is 1560. The molecule has 0 aliphatic heterocycles. The number of rotatable bonds is 5. The summed E-state index contributed by atoms with van der Waals surface area (Å²) in [4.78, 5) is 0. The highest BCUT2D eigenvalue weighted by Crippen LogP contribution is 2.38. The highest BCUT2D eigenvalue weighted by Gasteiger charge is 2.16. The van der Waals surface area contributed by atoms with Gasteiger partial charge in [-0.15, -0.1) is 0 Å². The summed E-state index contributed by atoms with van der Waals surface area (Å²) in [6.07, 6.45) is 0. The van der Waals surface area contributed by atoms with Gasteiger partial charge in [-0.25, -0.2) is 0 Å². The minimum absolute atomic E-state index is 1.07. The van der Waals surface area contributed by atoms with E-state index < -0.39 is 0 Å². The molecule has 0 radical (unpaired) electrons. The molecule has 2 heteroatoms. The van der Waals surface area contributed by atoms with Gasteiger partial charge in [-0.1, -0.05) is 103 Å². The van der Waals surface area contributed by atoms with E-state index in [4.69, 9.17) is 0 Å². The van der Waals surface area contributed by atoms with Gasteiger partial charge in [0.25, 0.3) is 0 Å². The standard InChI is InChI=1S/C32H24N2/c1-3-13-24(14-4-1)27-18-8-10-20-29(27)33-30-21-11-9-19-28(30)32-23-25-15-7-12-22-31(25)34(32)26-16-5-2-6-17-26/h1-23,33H. The fourth-order valence-corrected chi connectivity index (χ4v) is 4.63. The van der Waals surface area contributed by atoms with E-state index in [-0.39, 0.29) is 0 Å². The van der Waals surface area contributed by atoms with E-state index in [0.717, 1.165) is 28.3 Å². The Kier molecular flexibility index (Phi) is 5.17. The van der Waals surface area contributed by atoms with E-state index in [1.54, 1.807) is 0 Å². The zero-order chi connectivity index (χ0) is 22.7. The number of anilines is 2. The minimum atomic E-state index is 1.07. The first-order valence-corrected chi connectivity index (χ1v) is 11.6. The zero-order valence-corrected chi connectivity index (χ0v) is 18.7. The van der Waals surface area contributed by atoms with Crippen LogP contribution in [0.2, 0.25) is 0 Å². The van der Waals surface area contributed by atoms with E-state index in [1.807, 2.05) is 0 Å². The summed E-state index contributed by atoms with van der Waals surface area (Å²) in [6.45, 7) is 0. The molecule has 0 aliphatic carbocycles. The summed E-state index contributed by atoms with van der Waals surface area (Å²) >= 11 is 0. The second kappa shape index (κ2) is 8.76. The van der Waals surface area contributed by atoms with Crippen molar-refractivity contribution in [3.8, 4) is 28.1 Å². The number of benzene rings is 5. The fourth-order valence-electron chi connectivity index (χ4n) is 4.63. The molecule has 0 unspecified atom stereocenters. The van der Waals surface area contributed by atoms with Crippen LogP contribution in [-0.4, -0.2) is 4.57 Å². The van der Waals surface area contributed by atoms with Crippen LogP contribution < -0.4 is 5.32 Å². The molecule has 2 nitrogen and oxygen atoms in total. The monoisotopic (exact) mass is 436 g/mol. The van der Waals surface area contributed by atoms with Crippen molar-refractivity contribution in [2.75, 3.05) is 5.32 Å². The molecule has 0 aliphatic rings. The van der Waals surface area contributed by atoms with Gasteiger partial charge >= 0.3 is 0 Å². The summed E-state index contributed by atoms with van der Waals surface area (Å²) in [5.41, 5.74) is 9.21. The largest absolute Gasteiger partial charge is 0.354 e. The molecule has 0 bridgehead atoms. The number of para-hydroxylation sites is 4. The van der Waals surface area contributed by atoms with Gasteiger partial charge in [0, 0.05) is 33.6 Å². The maximum Gasteiger partial charge on any atom is 0.0561 e. The van der Waals surface area contributed by atoms with Crippen molar-refractivity contribution in [1.82, 2.24) is 4.57 Å². The van der Waals surface area contributed by atoms with Crippen LogP contribution in [0.5, 0.6) is 0 Å². The smallest absolute Gasteiger partial charge is 0.0561 e. The van der Waals surface area contributed by atoms with Crippen LogP contribution in [0.25, 0.3) is 39.0 Å². The van der Waals surface area contributed by atoms with Crippen molar-refractivity contribution in [1.29, 1.82) is 0 Å². The van der Waals surface area contributed by atoms with Gasteiger partial charge in [0.2, 0.25) is 0 Å². The topological polar surface area (TPSA) is 17.0 Å². The third kappa shape index (κ3) is 3.66. The second-order valence-corrected chi connectivity index (χ2v) is 8.34. The Labute approximate surface area is 199 Å². The van der Waals surface area contributed by atoms with Crippen molar-refractivity contribution in [3.05, 3.63) is 140 Å². The van der Waals surface area contributed by atoms with Crippen molar-refractivity contribution in [3.63, 3.8) is 0 Å². The molecule has 0 amide bonds. The molecule has 0 fully saturated rings. The average molecular weight is 437 g/mol. The minimum Gasteiger partial charge on any atom is -0.354 e. The summed E-state index contributed by atoms with van der Waals surface area (Å²) in [6, 6.07) is 49.0. The highest BCUT2D eigenvalue weighted by atomic mass is 15.0. The molecule has 0 spiro atoms. The van der Waals surface area contributed by atoms with Crippen LogP contribution in [-0.2, 0) is 0 Å². The lowest BCUT2D eigenvalue weighted by Crippen LogP contribution is -2.00. The van der Waals surface area contributed by atoms with Gasteiger partial charge < -0.3 is 9.88 Å². The van der Waals surface area contributed by atoms with Gasteiger partial charge in [-0.2, -0.15) is 0 Å². The van der Waals surface area contributed by atoms with Gasteiger partial charge in [-0.3, -0.25) is 0 Å². The molecule has 0 atom stereocenters. The first-order valence-electron chi connectivity index (χ1n) is 11.6. The number of hydrogen-bond acceptors (Lipinski definition) is 1. The van der Waals surface area contributed by atoms with Crippen molar-refractivity contribution < 1.29 is 0 Å². The fraction of sp³-hybridized carbons (Fsp3) is 0. The molecule has 1 heterocycles. The van der Waals surface area contributed by atoms with Crippen molar-refractivity contribution in [2.24, 2.45) is 0 Å². The molecule has 6 rings (SSSR count). The van der Waals surface area contributed by atoms with Gasteiger partial charge in [0.05, 0.1) is 11.2 Å². The predicted molar refractivity (Wildman–Crippen MR) is 144 cm³/mol. The number of nitrogens with zero attached hydrogens (tertiary/aromatic N) is 1. The molecule has 34 heavy (non-hydrogen) atoms. The summed E-state index contributed by atoms with van der Waals surface area (Å²) in [5.74, 6) is 0. The summed E-state index contributed by atoms with van der Waals surface area (Å²) in [5, 5.41) is 4.97. The molecule has 0 saturated carbocycles. The maximum atomic E-state index is 3.75. The van der Waals surface area contributed by atoms with Gasteiger partial charge in [0.1, 0.15) is 0 Å². The molecule has 6 aromatic rings. The molecule has 1 N–H and O–H groups in total. The second-order valence-electron chi connectivity index (χ2n) is 8.34. The lowest BCUT2D eigenvalue weighted by atomic mass is 10.0. The number of fused-ring (bicyclic) bond motifs is 1. The Balaban J connectivity index is 1.52. The van der Waals surface area contributed by atoms with E-state index in [2.05, 4.69) is 149 Å². The molecule has 0 saturated heterocycles. The van der Waals surface area contributed by atoms with Gasteiger partial charge in [0.15, 0.2) is 0 Å². The number of nitrogens with one attached hydrogen (secondary N) is 1. The number of hydrogen-bond donors (Lipinski definition) is 1. The summed E-state index contributed by atoms with van der Waals surface area (Å²) < 4.78 is 2.35. The molecular formula is C32H24N2. The lowest BCUT2D eigenvalue weighted by molar-refractivity contribution is 1.13. The van der Waals surface area contributed by atoms with Crippen LogP contribution in [0, 0.1) is 0 Å². The zero-order valence-electron chi connectivity index (χ0n) is 18.7. The van der Waals surface area contributed by atoms with E-state index >= 15 is 0 Å². The first-order chi connectivity index (χ1) is 16.9. The highest BCUT2D eigenvalue weighted by molar-refractivity contribution is 5.93. The Hall–Kier alpha value is -4.56. The quantitative estimate of drug-likeness (QED) is 0.286. The van der Waals surface area contributed by atoms with E-state index in [0.29, 0.717) is 0 Å². The van der Waals surface area contributed by atoms with Crippen LogP contribution in [0.3, 0.4) is 0 Å². The predicted octanol–water partition coefficient (Wildman–Crippen LogP) is 8.71. The maximum absolute atomic E-state index is 3.75. The first kappa shape index (κ1) is 20.1. The Morgan fingerprint density at radius 2 is 1.03 bits per heavy atom. The third-order valence-electron chi connectivity index (χ3n) is 6.21. The average Bonchev–Trinajstić information content (AvgIpc) is 3.30. The lowest BCUT2D eigenvalue weighted by Gasteiger charge is -2.17.